The number of methoxy groups -OCH3 is 2. The maximum atomic E-state index is 12.1. The van der Waals surface area contributed by atoms with Crippen LogP contribution < -0.4 is 4.90 Å². The lowest BCUT2D eigenvalue weighted by Gasteiger charge is -2.30. The summed E-state index contributed by atoms with van der Waals surface area (Å²) in [5.41, 5.74) is 2.64. The Morgan fingerprint density at radius 3 is 2.05 bits per heavy atom. The molecule has 2 aliphatic rings. The van der Waals surface area contributed by atoms with Crippen LogP contribution in [0.25, 0.3) is 0 Å². The predicted octanol–water partition coefficient (Wildman–Crippen LogP) is 5.52. The minimum absolute atomic E-state index is 0.0543. The minimum Gasteiger partial charge on any atom is -0.744 e. The van der Waals surface area contributed by atoms with Gasteiger partial charge in [0.15, 0.2) is 5.71 Å². The van der Waals surface area contributed by atoms with E-state index in [0.717, 1.165) is 11.4 Å². The van der Waals surface area contributed by atoms with E-state index in [4.69, 9.17) is 14.6 Å². The SMILES string of the molecule is COCCC1(C)C(=CC=CC=CC=CC2=[N+](CCCCCC(=O)O)c3ccc(S(=O)(=O)[O-])cc3C2(C)CCOC)N(CCCS(=O)(=O)O)c2ccc(S(=O)(=O)O)cc21. The van der Waals surface area contributed by atoms with Gasteiger partial charge in [-0.3, -0.25) is 13.9 Å². The van der Waals surface area contributed by atoms with Crippen molar-refractivity contribution in [2.75, 3.05) is 51.2 Å². The molecule has 0 aliphatic carbocycles. The average Bonchev–Trinajstić information content (AvgIpc) is 3.51. The van der Waals surface area contributed by atoms with Crippen LogP contribution >= 0.6 is 0 Å². The van der Waals surface area contributed by atoms with Crippen LogP contribution in [-0.4, -0.2) is 107 Å². The van der Waals surface area contributed by atoms with Gasteiger partial charge in [-0.1, -0.05) is 30.4 Å². The summed E-state index contributed by atoms with van der Waals surface area (Å²) in [4.78, 5) is 12.3. The molecule has 0 amide bonds. The molecule has 15 nitrogen and oxygen atoms in total. The van der Waals surface area contributed by atoms with E-state index in [9.17, 15) is 43.7 Å². The van der Waals surface area contributed by atoms with E-state index in [2.05, 4.69) is 4.58 Å². The number of anilines is 1. The normalized spacial score (nSPS) is 20.7. The number of carboxylic acid groups (broad SMARTS) is 1. The van der Waals surface area contributed by atoms with Gasteiger partial charge in [0.05, 0.1) is 21.0 Å². The van der Waals surface area contributed by atoms with Crippen LogP contribution in [0, 0.1) is 0 Å². The lowest BCUT2D eigenvalue weighted by molar-refractivity contribution is -0.438. The number of rotatable bonds is 22. The van der Waals surface area contributed by atoms with Crippen molar-refractivity contribution in [3.05, 3.63) is 95.8 Å². The van der Waals surface area contributed by atoms with Crippen LogP contribution in [-0.2, 0) is 55.5 Å². The Labute approximate surface area is 341 Å². The fourth-order valence-corrected chi connectivity index (χ4v) is 9.11. The molecule has 18 heteroatoms. The van der Waals surface area contributed by atoms with Crippen molar-refractivity contribution in [1.29, 1.82) is 0 Å². The lowest BCUT2D eigenvalue weighted by atomic mass is 9.76. The van der Waals surface area contributed by atoms with Gasteiger partial charge in [0, 0.05) is 81.3 Å². The van der Waals surface area contributed by atoms with Gasteiger partial charge < -0.3 is 24.0 Å². The van der Waals surface area contributed by atoms with Crippen LogP contribution in [0.4, 0.5) is 11.4 Å². The number of ether oxygens (including phenoxy) is 2. The first kappa shape index (κ1) is 46.7. The fourth-order valence-electron chi connectivity index (χ4n) is 7.61. The Morgan fingerprint density at radius 2 is 1.43 bits per heavy atom. The minimum atomic E-state index is -4.73. The third-order valence-electron chi connectivity index (χ3n) is 10.6. The van der Waals surface area contributed by atoms with Crippen molar-refractivity contribution in [2.45, 2.75) is 79.4 Å². The molecule has 318 valence electrons. The van der Waals surface area contributed by atoms with Crippen molar-refractivity contribution >= 4 is 53.4 Å². The number of nitrogens with zero attached hydrogens (tertiary/aromatic N) is 2. The second kappa shape index (κ2) is 19.4. The zero-order valence-corrected chi connectivity index (χ0v) is 35.5. The summed E-state index contributed by atoms with van der Waals surface area (Å²) in [6, 6.07) is 8.60. The molecule has 3 N–H and O–H groups in total. The molecule has 0 radical (unpaired) electrons. The number of hydrogen-bond donors (Lipinski definition) is 3. The van der Waals surface area contributed by atoms with Gasteiger partial charge in [-0.2, -0.15) is 21.4 Å². The topological polar surface area (TPSA) is 228 Å². The summed E-state index contributed by atoms with van der Waals surface area (Å²) in [7, 11) is -10.4. The van der Waals surface area contributed by atoms with E-state index in [1.165, 1.54) is 31.4 Å². The van der Waals surface area contributed by atoms with E-state index >= 15 is 0 Å². The lowest BCUT2D eigenvalue weighted by Crippen LogP contribution is -2.33. The van der Waals surface area contributed by atoms with Gasteiger partial charge in [0.25, 0.3) is 20.2 Å². The zero-order chi connectivity index (χ0) is 42.9. The summed E-state index contributed by atoms with van der Waals surface area (Å²) in [6.45, 7) is 5.22. The molecule has 2 aliphatic heterocycles. The fraction of sp³-hybridized carbons (Fsp3) is 0.450. The zero-order valence-electron chi connectivity index (χ0n) is 33.0. The maximum Gasteiger partial charge on any atom is 0.303 e. The number of benzene rings is 2. The van der Waals surface area contributed by atoms with Gasteiger partial charge in [-0.15, -0.1) is 0 Å². The van der Waals surface area contributed by atoms with Crippen molar-refractivity contribution in [1.82, 2.24) is 0 Å². The highest BCUT2D eigenvalue weighted by atomic mass is 32.2. The average molecular weight is 865 g/mol. The van der Waals surface area contributed by atoms with Gasteiger partial charge in [0.1, 0.15) is 16.7 Å². The highest BCUT2D eigenvalue weighted by Crippen LogP contribution is 2.51. The highest BCUT2D eigenvalue weighted by molar-refractivity contribution is 7.86. The molecular formula is C40H52N2O13S3. The first-order chi connectivity index (χ1) is 27.2. The highest BCUT2D eigenvalue weighted by Gasteiger charge is 2.48. The van der Waals surface area contributed by atoms with Crippen LogP contribution in [0.5, 0.6) is 0 Å². The van der Waals surface area contributed by atoms with Crippen molar-refractivity contribution in [3.63, 3.8) is 0 Å². The number of carboxylic acids is 1. The summed E-state index contributed by atoms with van der Waals surface area (Å²) >= 11 is 0. The Balaban J connectivity index is 1.70. The van der Waals surface area contributed by atoms with Gasteiger partial charge in [-0.05, 0) is 87.9 Å². The smallest absolute Gasteiger partial charge is 0.303 e. The predicted molar refractivity (Wildman–Crippen MR) is 218 cm³/mol. The molecule has 2 aromatic carbocycles. The van der Waals surface area contributed by atoms with Gasteiger partial charge >= 0.3 is 5.97 Å². The Hall–Kier alpha value is -4.01. The van der Waals surface area contributed by atoms with Crippen LogP contribution in [0.15, 0.2) is 94.4 Å². The number of hydrogen-bond acceptors (Lipinski definition) is 11. The standard InChI is InChI=1S/C40H52N2O13S3/c1-39(21-25-54-3)32-28-30(57(48,49)50)17-19-34(32)41(23-12-8-11-16-38(43)44)36(39)14-9-6-5-7-10-15-37-40(2,22-26-55-4)33-29-31(58(51,52)53)18-20-35(33)42(37)24-13-27-56(45,46)47/h5-7,9-10,14-15,17-20,28-29H,8,11-13,16,21-27H2,1-4H3,(H3-,43,44,45,46,47,48,49,50,51,52,53). The third kappa shape index (κ3) is 11.4. The molecule has 0 saturated heterocycles. The molecule has 0 saturated carbocycles. The van der Waals surface area contributed by atoms with Crippen LogP contribution in [0.1, 0.15) is 69.9 Å². The third-order valence-corrected chi connectivity index (χ3v) is 13.1. The van der Waals surface area contributed by atoms with Crippen LogP contribution in [0.3, 0.4) is 0 Å². The Kier molecular flexibility index (Phi) is 15.6. The molecule has 2 atom stereocenters. The molecule has 0 aromatic heterocycles. The van der Waals surface area contributed by atoms with E-state index < -0.39 is 52.9 Å². The second-order valence-corrected chi connectivity index (χ2v) is 19.0. The van der Waals surface area contributed by atoms with Crippen molar-refractivity contribution < 1.29 is 62.9 Å². The second-order valence-electron chi connectivity index (χ2n) is 14.7. The van der Waals surface area contributed by atoms with E-state index in [-0.39, 0.29) is 29.2 Å². The van der Waals surface area contributed by atoms with Gasteiger partial charge in [-0.25, -0.2) is 8.42 Å². The summed E-state index contributed by atoms with van der Waals surface area (Å²) in [6.07, 6.45) is 15.6. The van der Waals surface area contributed by atoms with Crippen LogP contribution in [0.2, 0.25) is 0 Å². The summed E-state index contributed by atoms with van der Waals surface area (Å²) in [5, 5.41) is 9.08. The van der Waals surface area contributed by atoms with Crippen molar-refractivity contribution in [3.8, 4) is 0 Å². The largest absolute Gasteiger partial charge is 0.744 e. The maximum absolute atomic E-state index is 12.1. The van der Waals surface area contributed by atoms with Gasteiger partial charge in [0.2, 0.25) is 5.69 Å². The first-order valence-electron chi connectivity index (χ1n) is 18.7. The number of fused-ring (bicyclic) bond motifs is 2. The molecule has 4 rings (SSSR count). The quantitative estimate of drug-likeness (QED) is 0.0574. The van der Waals surface area contributed by atoms with E-state index in [0.29, 0.717) is 74.4 Å². The monoisotopic (exact) mass is 864 g/mol. The molecule has 0 bridgehead atoms. The number of unbranched alkanes of at least 4 members (excludes halogenated alkanes) is 2. The molecule has 2 aromatic rings. The number of carbonyl (C=O) groups is 1. The Morgan fingerprint density at radius 1 is 0.810 bits per heavy atom. The summed E-state index contributed by atoms with van der Waals surface area (Å²) in [5.74, 6) is -1.35. The molecular weight excluding hydrogens is 813 g/mol. The molecule has 58 heavy (non-hydrogen) atoms. The molecule has 2 heterocycles. The summed E-state index contributed by atoms with van der Waals surface area (Å²) < 4.78 is 116. The first-order valence-corrected chi connectivity index (χ1v) is 23.1. The van der Waals surface area contributed by atoms with Crippen molar-refractivity contribution in [2.24, 2.45) is 0 Å². The molecule has 0 spiro atoms. The number of aliphatic carboxylic acids is 1. The van der Waals surface area contributed by atoms with E-state index in [1.807, 2.05) is 37.0 Å². The molecule has 0 fully saturated rings. The van der Waals surface area contributed by atoms with E-state index in [1.54, 1.807) is 43.5 Å². The Bertz CT molecular complexity index is 2330. The number of allylic oxidation sites excluding steroid dienone is 8. The molecule has 2 unspecified atom stereocenters.